The lowest BCUT2D eigenvalue weighted by Crippen LogP contribution is -2.33. The highest BCUT2D eigenvalue weighted by atomic mass is 32.2. The van der Waals surface area contributed by atoms with E-state index in [-0.39, 0.29) is 5.91 Å². The summed E-state index contributed by atoms with van der Waals surface area (Å²) in [5.41, 5.74) is 1.07. The van der Waals surface area contributed by atoms with E-state index in [9.17, 15) is 4.79 Å². The molecule has 0 bridgehead atoms. The Labute approximate surface area is 146 Å². The number of thiophene rings is 1. The van der Waals surface area contributed by atoms with Crippen LogP contribution in [0.15, 0.2) is 52.7 Å². The minimum Gasteiger partial charge on any atom is -0.336 e. The molecular formula is C19H21NOS2. The Bertz CT molecular complexity index is 657. The predicted molar refractivity (Wildman–Crippen MR) is 100 cm³/mol. The maximum absolute atomic E-state index is 12.5. The highest BCUT2D eigenvalue weighted by Gasteiger charge is 2.31. The van der Waals surface area contributed by atoms with Crippen LogP contribution in [0.2, 0.25) is 0 Å². The second-order valence-corrected chi connectivity index (χ2v) is 7.61. The van der Waals surface area contributed by atoms with Crippen molar-refractivity contribution in [2.24, 2.45) is 0 Å². The normalized spacial score (nSPS) is 14.3. The van der Waals surface area contributed by atoms with Crippen molar-refractivity contribution in [2.45, 2.75) is 30.2 Å². The molecule has 2 nitrogen and oxygen atoms in total. The number of thioether (sulfide) groups is 1. The number of carbonyl (C=O) groups excluding carboxylic acids is 1. The van der Waals surface area contributed by atoms with Gasteiger partial charge in [0.05, 0.1) is 0 Å². The predicted octanol–water partition coefficient (Wildman–Crippen LogP) is 4.72. The molecule has 1 amide bonds. The molecule has 23 heavy (non-hydrogen) atoms. The smallest absolute Gasteiger partial charge is 0.246 e. The van der Waals surface area contributed by atoms with Crippen molar-refractivity contribution in [3.8, 4) is 0 Å². The topological polar surface area (TPSA) is 20.3 Å². The number of hydrogen-bond donors (Lipinski definition) is 0. The Kier molecular flexibility index (Phi) is 5.57. The highest BCUT2D eigenvalue weighted by Crippen LogP contribution is 2.27. The van der Waals surface area contributed by atoms with Crippen LogP contribution in [0.3, 0.4) is 0 Å². The molecular weight excluding hydrogens is 322 g/mol. The van der Waals surface area contributed by atoms with Gasteiger partial charge in [-0.1, -0.05) is 18.2 Å². The fraction of sp³-hybridized carbons (Fsp3) is 0.316. The van der Waals surface area contributed by atoms with Gasteiger partial charge in [0.1, 0.15) is 0 Å². The Hall–Kier alpha value is -1.52. The van der Waals surface area contributed by atoms with E-state index in [1.807, 2.05) is 11.0 Å². The molecule has 120 valence electrons. The number of rotatable bonds is 7. The summed E-state index contributed by atoms with van der Waals surface area (Å²) in [5, 5.41) is 2.09. The van der Waals surface area contributed by atoms with Crippen molar-refractivity contribution >= 4 is 35.1 Å². The molecule has 1 aromatic carbocycles. The zero-order valence-corrected chi connectivity index (χ0v) is 14.9. The van der Waals surface area contributed by atoms with E-state index < -0.39 is 0 Å². The molecule has 0 unspecified atom stereocenters. The van der Waals surface area contributed by atoms with E-state index in [2.05, 4.69) is 48.0 Å². The van der Waals surface area contributed by atoms with Crippen molar-refractivity contribution in [3.63, 3.8) is 0 Å². The molecule has 0 N–H and O–H groups in total. The van der Waals surface area contributed by atoms with Crippen LogP contribution < -0.4 is 0 Å². The molecule has 1 saturated carbocycles. The molecule has 1 heterocycles. The summed E-state index contributed by atoms with van der Waals surface area (Å²) in [6.45, 7) is 0.819. The van der Waals surface area contributed by atoms with Gasteiger partial charge >= 0.3 is 0 Å². The van der Waals surface area contributed by atoms with Crippen LogP contribution >= 0.6 is 23.1 Å². The van der Waals surface area contributed by atoms with Crippen LogP contribution in [0.4, 0.5) is 0 Å². The second-order valence-electron chi connectivity index (χ2n) is 5.70. The molecule has 0 atom stereocenters. The van der Waals surface area contributed by atoms with Crippen LogP contribution in [-0.2, 0) is 11.2 Å². The molecule has 1 aromatic heterocycles. The first-order valence-electron chi connectivity index (χ1n) is 7.91. The lowest BCUT2D eigenvalue weighted by Gasteiger charge is -2.20. The fourth-order valence-corrected chi connectivity index (χ4v) is 3.63. The third-order valence-electron chi connectivity index (χ3n) is 3.98. The number of hydrogen-bond acceptors (Lipinski definition) is 3. The lowest BCUT2D eigenvalue weighted by atomic mass is 10.2. The molecule has 0 spiro atoms. The summed E-state index contributed by atoms with van der Waals surface area (Å²) in [4.78, 5) is 17.1. The average Bonchev–Trinajstić information content (AvgIpc) is 3.28. The monoisotopic (exact) mass is 343 g/mol. The minimum atomic E-state index is 0.137. The third kappa shape index (κ3) is 4.72. The van der Waals surface area contributed by atoms with Crippen LogP contribution in [0.5, 0.6) is 0 Å². The Morgan fingerprint density at radius 3 is 2.70 bits per heavy atom. The van der Waals surface area contributed by atoms with Gasteiger partial charge < -0.3 is 4.90 Å². The van der Waals surface area contributed by atoms with Crippen LogP contribution in [0, 0.1) is 0 Å². The van der Waals surface area contributed by atoms with E-state index in [1.54, 1.807) is 29.2 Å². The third-order valence-corrected chi connectivity index (χ3v) is 5.66. The maximum atomic E-state index is 12.5. The van der Waals surface area contributed by atoms with Gasteiger partial charge in [-0.25, -0.2) is 0 Å². The lowest BCUT2D eigenvalue weighted by molar-refractivity contribution is -0.126. The summed E-state index contributed by atoms with van der Waals surface area (Å²) in [6, 6.07) is 13.0. The number of carbonyl (C=O) groups is 1. The van der Waals surface area contributed by atoms with Crippen LogP contribution in [0.1, 0.15) is 23.3 Å². The maximum Gasteiger partial charge on any atom is 0.246 e. The van der Waals surface area contributed by atoms with E-state index >= 15 is 0 Å². The standard InChI is InChI=1S/C19H21NOS2/c1-22-17-9-4-15(5-10-17)6-11-19(21)20(16-7-8-16)13-12-18-3-2-14-23-18/h2-6,9-11,14,16H,7-8,12-13H2,1H3/b11-6+. The molecule has 0 saturated heterocycles. The number of nitrogens with zero attached hydrogens (tertiary/aromatic N) is 1. The van der Waals surface area contributed by atoms with Crippen molar-refractivity contribution < 1.29 is 4.79 Å². The van der Waals surface area contributed by atoms with Crippen molar-refractivity contribution in [2.75, 3.05) is 12.8 Å². The quantitative estimate of drug-likeness (QED) is 0.536. The van der Waals surface area contributed by atoms with Gasteiger partial charge in [0.2, 0.25) is 5.91 Å². The van der Waals surface area contributed by atoms with Gasteiger partial charge in [0.15, 0.2) is 0 Å². The highest BCUT2D eigenvalue weighted by molar-refractivity contribution is 7.98. The first-order chi connectivity index (χ1) is 11.3. The Morgan fingerprint density at radius 2 is 2.09 bits per heavy atom. The molecule has 1 fully saturated rings. The van der Waals surface area contributed by atoms with Crippen molar-refractivity contribution in [1.82, 2.24) is 4.90 Å². The van der Waals surface area contributed by atoms with Gasteiger partial charge in [-0.15, -0.1) is 23.1 Å². The molecule has 1 aliphatic rings. The SMILES string of the molecule is CSc1ccc(/C=C/C(=O)N(CCc2cccs2)C2CC2)cc1. The molecule has 0 aliphatic heterocycles. The van der Waals surface area contributed by atoms with Gasteiger partial charge in [0, 0.05) is 28.4 Å². The van der Waals surface area contributed by atoms with Crippen molar-refractivity contribution in [3.05, 3.63) is 58.3 Å². The van der Waals surface area contributed by atoms with Gasteiger partial charge in [-0.3, -0.25) is 4.79 Å². The van der Waals surface area contributed by atoms with Gasteiger partial charge in [0.25, 0.3) is 0 Å². The van der Waals surface area contributed by atoms with E-state index in [0.29, 0.717) is 6.04 Å². The summed E-state index contributed by atoms with van der Waals surface area (Å²) in [5.74, 6) is 0.137. The first-order valence-corrected chi connectivity index (χ1v) is 10.0. The molecule has 2 aromatic rings. The summed E-state index contributed by atoms with van der Waals surface area (Å²) in [7, 11) is 0. The van der Waals surface area contributed by atoms with Crippen LogP contribution in [0.25, 0.3) is 6.08 Å². The van der Waals surface area contributed by atoms with Gasteiger partial charge in [-0.05, 0) is 60.7 Å². The molecule has 3 rings (SSSR count). The van der Waals surface area contributed by atoms with Crippen molar-refractivity contribution in [1.29, 1.82) is 0 Å². The zero-order valence-electron chi connectivity index (χ0n) is 13.3. The molecule has 1 aliphatic carbocycles. The van der Waals surface area contributed by atoms with E-state index in [1.165, 1.54) is 9.77 Å². The first kappa shape index (κ1) is 16.3. The zero-order chi connectivity index (χ0) is 16.1. The second kappa shape index (κ2) is 7.84. The Morgan fingerprint density at radius 1 is 1.30 bits per heavy atom. The number of benzene rings is 1. The summed E-state index contributed by atoms with van der Waals surface area (Å²) in [6.07, 6.45) is 8.96. The summed E-state index contributed by atoms with van der Waals surface area (Å²) >= 11 is 3.49. The van der Waals surface area contributed by atoms with E-state index in [4.69, 9.17) is 0 Å². The Balaban J connectivity index is 1.60. The van der Waals surface area contributed by atoms with E-state index in [0.717, 1.165) is 31.4 Å². The largest absolute Gasteiger partial charge is 0.336 e. The number of amides is 1. The molecule has 0 radical (unpaired) electrons. The summed E-state index contributed by atoms with van der Waals surface area (Å²) < 4.78 is 0. The fourth-order valence-electron chi connectivity index (χ4n) is 2.52. The minimum absolute atomic E-state index is 0.137. The van der Waals surface area contributed by atoms with Crippen LogP contribution in [-0.4, -0.2) is 29.6 Å². The average molecular weight is 344 g/mol. The molecule has 4 heteroatoms. The van der Waals surface area contributed by atoms with Gasteiger partial charge in [-0.2, -0.15) is 0 Å².